The average Bonchev–Trinajstić information content (AvgIpc) is 3.09. The van der Waals surface area contributed by atoms with Crippen molar-refractivity contribution < 1.29 is 4.79 Å². The third kappa shape index (κ3) is 3.21. The van der Waals surface area contributed by atoms with E-state index in [1.54, 1.807) is 6.08 Å². The summed E-state index contributed by atoms with van der Waals surface area (Å²) < 4.78 is 1.91. The Labute approximate surface area is 123 Å². The number of aromatic nitrogens is 3. The molecule has 1 aromatic rings. The molecule has 0 spiro atoms. The van der Waals surface area contributed by atoms with Crippen LogP contribution in [0.1, 0.15) is 25.6 Å². The maximum atomic E-state index is 12.3. The first kappa shape index (κ1) is 15.1. The number of allylic oxidation sites excluding steroid dienone is 1. The van der Waals surface area contributed by atoms with E-state index in [0.29, 0.717) is 18.9 Å². The van der Waals surface area contributed by atoms with Crippen molar-refractivity contribution in [2.75, 3.05) is 13.1 Å². The Morgan fingerprint density at radius 3 is 2.80 bits per heavy atom. The van der Waals surface area contributed by atoms with Crippen molar-refractivity contribution in [3.05, 3.63) is 18.5 Å². The molecular formula is C13H21N5OS. The molecule has 2 rings (SSSR count). The second kappa shape index (κ2) is 6.90. The molecule has 0 radical (unpaired) electrons. The summed E-state index contributed by atoms with van der Waals surface area (Å²) in [7, 11) is 0. The van der Waals surface area contributed by atoms with E-state index in [-0.39, 0.29) is 11.2 Å². The number of rotatable bonds is 6. The van der Waals surface area contributed by atoms with Crippen LogP contribution in [0.25, 0.3) is 0 Å². The monoisotopic (exact) mass is 295 g/mol. The second-order valence-corrected chi connectivity index (χ2v) is 6.10. The fourth-order valence-corrected chi connectivity index (χ4v) is 3.23. The molecule has 6 nitrogen and oxygen atoms in total. The maximum Gasteiger partial charge on any atom is 0.235 e. The number of carbonyl (C=O) groups is 1. The van der Waals surface area contributed by atoms with Crippen LogP contribution in [-0.4, -0.2) is 43.9 Å². The zero-order chi connectivity index (χ0) is 14.5. The molecule has 0 saturated carbocycles. The van der Waals surface area contributed by atoms with E-state index in [4.69, 9.17) is 5.73 Å². The standard InChI is InChI=1S/C13H21N5OS/c1-3-6-18-11(9-14)15-16-13(18)20-10(2)12(19)17-7-4-5-8-17/h3,10H,1,4-9,14H2,2H3/t10-/m0/s1. The lowest BCUT2D eigenvalue weighted by Crippen LogP contribution is -2.34. The van der Waals surface area contributed by atoms with Crippen LogP contribution in [0.15, 0.2) is 17.8 Å². The molecule has 2 N–H and O–H groups in total. The molecule has 1 aliphatic heterocycles. The van der Waals surface area contributed by atoms with Gasteiger partial charge in [0.2, 0.25) is 5.91 Å². The molecule has 20 heavy (non-hydrogen) atoms. The summed E-state index contributed by atoms with van der Waals surface area (Å²) in [5, 5.41) is 8.76. The minimum Gasteiger partial charge on any atom is -0.342 e. The number of likely N-dealkylation sites (tertiary alicyclic amines) is 1. The van der Waals surface area contributed by atoms with Crippen molar-refractivity contribution >= 4 is 17.7 Å². The van der Waals surface area contributed by atoms with E-state index in [1.165, 1.54) is 11.8 Å². The van der Waals surface area contributed by atoms with E-state index in [0.717, 1.165) is 31.1 Å². The Kier molecular flexibility index (Phi) is 5.19. The Morgan fingerprint density at radius 2 is 2.20 bits per heavy atom. The molecule has 0 unspecified atom stereocenters. The topological polar surface area (TPSA) is 77.0 Å². The summed E-state index contributed by atoms with van der Waals surface area (Å²) in [6, 6.07) is 0. The van der Waals surface area contributed by atoms with Crippen molar-refractivity contribution in [3.63, 3.8) is 0 Å². The molecule has 0 aromatic carbocycles. The van der Waals surface area contributed by atoms with Crippen molar-refractivity contribution in [1.82, 2.24) is 19.7 Å². The van der Waals surface area contributed by atoms with Crippen molar-refractivity contribution in [1.29, 1.82) is 0 Å². The van der Waals surface area contributed by atoms with Gasteiger partial charge in [-0.05, 0) is 19.8 Å². The number of nitrogens with two attached hydrogens (primary N) is 1. The lowest BCUT2D eigenvalue weighted by Gasteiger charge is -2.19. The van der Waals surface area contributed by atoms with Crippen molar-refractivity contribution in [2.45, 2.75) is 43.3 Å². The highest BCUT2D eigenvalue weighted by Crippen LogP contribution is 2.25. The third-order valence-electron chi connectivity index (χ3n) is 3.34. The first-order valence-electron chi connectivity index (χ1n) is 6.85. The van der Waals surface area contributed by atoms with E-state index in [1.807, 2.05) is 16.4 Å². The molecule has 110 valence electrons. The zero-order valence-corrected chi connectivity index (χ0v) is 12.6. The highest BCUT2D eigenvalue weighted by molar-refractivity contribution is 8.00. The number of amides is 1. The van der Waals surface area contributed by atoms with Gasteiger partial charge in [0, 0.05) is 19.6 Å². The minimum absolute atomic E-state index is 0.161. The quantitative estimate of drug-likeness (QED) is 0.626. The van der Waals surface area contributed by atoms with Crippen molar-refractivity contribution in [2.24, 2.45) is 5.73 Å². The highest BCUT2D eigenvalue weighted by atomic mass is 32.2. The van der Waals surface area contributed by atoms with Gasteiger partial charge in [-0.1, -0.05) is 17.8 Å². The summed E-state index contributed by atoms with van der Waals surface area (Å²) in [6.07, 6.45) is 3.99. The molecule has 1 saturated heterocycles. The zero-order valence-electron chi connectivity index (χ0n) is 11.8. The lowest BCUT2D eigenvalue weighted by molar-refractivity contribution is -0.129. The maximum absolute atomic E-state index is 12.3. The molecule has 0 aliphatic carbocycles. The first-order valence-corrected chi connectivity index (χ1v) is 7.73. The van der Waals surface area contributed by atoms with Gasteiger partial charge in [0.15, 0.2) is 5.16 Å². The highest BCUT2D eigenvalue weighted by Gasteiger charge is 2.25. The first-order chi connectivity index (χ1) is 9.67. The molecule has 1 aromatic heterocycles. The van der Waals surface area contributed by atoms with E-state index in [2.05, 4.69) is 16.8 Å². The summed E-state index contributed by atoms with van der Waals surface area (Å²) in [5.41, 5.74) is 5.64. The molecule has 1 atom stereocenters. The van der Waals surface area contributed by atoms with E-state index < -0.39 is 0 Å². The van der Waals surface area contributed by atoms with Gasteiger partial charge >= 0.3 is 0 Å². The Balaban J connectivity index is 2.06. The van der Waals surface area contributed by atoms with Gasteiger partial charge in [-0.25, -0.2) is 0 Å². The van der Waals surface area contributed by atoms with Crippen LogP contribution < -0.4 is 5.73 Å². The normalized spacial score (nSPS) is 16.4. The van der Waals surface area contributed by atoms with Gasteiger partial charge in [-0.2, -0.15) is 0 Å². The predicted octanol–water partition coefficient (Wildman–Crippen LogP) is 1.03. The lowest BCUT2D eigenvalue weighted by atomic mass is 10.4. The molecule has 0 bridgehead atoms. The van der Waals surface area contributed by atoms with E-state index in [9.17, 15) is 4.79 Å². The van der Waals surface area contributed by atoms with Gasteiger partial charge in [0.25, 0.3) is 0 Å². The third-order valence-corrected chi connectivity index (χ3v) is 4.40. The van der Waals surface area contributed by atoms with Gasteiger partial charge in [-0.15, -0.1) is 16.8 Å². The van der Waals surface area contributed by atoms with Gasteiger partial charge in [0.1, 0.15) is 5.82 Å². The molecule has 7 heteroatoms. The summed E-state index contributed by atoms with van der Waals surface area (Å²) in [4.78, 5) is 14.2. The fraction of sp³-hybridized carbons (Fsp3) is 0.615. The molecule has 1 fully saturated rings. The van der Waals surface area contributed by atoms with Gasteiger partial charge < -0.3 is 15.2 Å². The van der Waals surface area contributed by atoms with Crippen LogP contribution in [0.4, 0.5) is 0 Å². The van der Waals surface area contributed by atoms with Gasteiger partial charge in [-0.3, -0.25) is 4.79 Å². The number of carbonyl (C=O) groups excluding carboxylic acids is 1. The van der Waals surface area contributed by atoms with Crippen LogP contribution in [0.3, 0.4) is 0 Å². The van der Waals surface area contributed by atoms with Crippen LogP contribution in [0.5, 0.6) is 0 Å². The summed E-state index contributed by atoms with van der Waals surface area (Å²) >= 11 is 1.44. The number of hydrogen-bond donors (Lipinski definition) is 1. The molecule has 1 aliphatic rings. The Bertz CT molecular complexity index is 481. The average molecular weight is 295 g/mol. The Hall–Kier alpha value is -1.34. The van der Waals surface area contributed by atoms with Gasteiger partial charge in [0.05, 0.1) is 11.8 Å². The molecule has 1 amide bonds. The summed E-state index contributed by atoms with van der Waals surface area (Å²) in [5.74, 6) is 0.892. The summed E-state index contributed by atoms with van der Waals surface area (Å²) in [6.45, 7) is 8.32. The van der Waals surface area contributed by atoms with Crippen molar-refractivity contribution in [3.8, 4) is 0 Å². The number of hydrogen-bond acceptors (Lipinski definition) is 5. The van der Waals surface area contributed by atoms with Crippen LogP contribution >= 0.6 is 11.8 Å². The minimum atomic E-state index is -0.161. The van der Waals surface area contributed by atoms with Crippen LogP contribution in [0.2, 0.25) is 0 Å². The smallest absolute Gasteiger partial charge is 0.235 e. The van der Waals surface area contributed by atoms with E-state index >= 15 is 0 Å². The largest absolute Gasteiger partial charge is 0.342 e. The van der Waals surface area contributed by atoms with Crippen LogP contribution in [-0.2, 0) is 17.9 Å². The molecular weight excluding hydrogens is 274 g/mol. The predicted molar refractivity (Wildman–Crippen MR) is 79.2 cm³/mol. The fourth-order valence-electron chi connectivity index (χ4n) is 2.27. The van der Waals surface area contributed by atoms with Crippen LogP contribution in [0, 0.1) is 0 Å². The SMILES string of the molecule is C=CCn1c(CN)nnc1S[C@@H](C)C(=O)N1CCCC1. The number of thioether (sulfide) groups is 1. The number of nitrogens with zero attached hydrogens (tertiary/aromatic N) is 4. The molecule has 2 heterocycles. The Morgan fingerprint density at radius 1 is 1.50 bits per heavy atom. The second-order valence-electron chi connectivity index (χ2n) is 4.79.